The number of aromatic hydroxyl groups is 1. The minimum atomic E-state index is -0.160. The number of phenolic OH excluding ortho intramolecular Hbond substituents is 1. The van der Waals surface area contributed by atoms with Crippen LogP contribution in [0.4, 0.5) is 0 Å². The molecule has 1 heterocycles. The first kappa shape index (κ1) is 19.4. The number of nitrogens with zero attached hydrogens (tertiary/aromatic N) is 1. The molecule has 1 aromatic heterocycles. The van der Waals surface area contributed by atoms with E-state index in [4.69, 9.17) is 14.2 Å². The molecule has 0 unspecified atom stereocenters. The van der Waals surface area contributed by atoms with E-state index in [9.17, 15) is 9.90 Å². The molecule has 0 atom stereocenters. The number of rotatable bonds is 7. The first-order valence-corrected chi connectivity index (χ1v) is 8.86. The zero-order valence-corrected chi connectivity index (χ0v) is 16.4. The number of hydrogen-bond donors (Lipinski definition) is 1. The molecule has 6 nitrogen and oxygen atoms in total. The number of benzene rings is 2. The van der Waals surface area contributed by atoms with Gasteiger partial charge in [-0.3, -0.25) is 4.79 Å². The number of ether oxygens (including phenoxy) is 3. The molecule has 3 aromatic rings. The smallest absolute Gasteiger partial charge is 0.209 e. The highest BCUT2D eigenvalue weighted by molar-refractivity contribution is 6.09. The number of hydrogen-bond acceptors (Lipinski definition) is 5. The predicted molar refractivity (Wildman–Crippen MR) is 107 cm³/mol. The number of aromatic nitrogens is 1. The average molecular weight is 381 g/mol. The second kappa shape index (κ2) is 8.08. The number of ketones is 1. The summed E-state index contributed by atoms with van der Waals surface area (Å²) in [6.07, 6.45) is 1.90. The van der Waals surface area contributed by atoms with E-state index in [2.05, 4.69) is 0 Å². The van der Waals surface area contributed by atoms with Gasteiger partial charge in [-0.1, -0.05) is 12.1 Å². The summed E-state index contributed by atoms with van der Waals surface area (Å²) in [7, 11) is 4.55. The second-order valence-corrected chi connectivity index (χ2v) is 6.19. The molecule has 146 valence electrons. The monoisotopic (exact) mass is 381 g/mol. The first-order chi connectivity index (χ1) is 13.5. The Morgan fingerprint density at radius 3 is 2.18 bits per heavy atom. The summed E-state index contributed by atoms with van der Waals surface area (Å²) in [6.45, 7) is 2.60. The minimum absolute atomic E-state index is 0.160. The third-order valence-corrected chi connectivity index (χ3v) is 4.58. The Hall–Kier alpha value is -3.41. The largest absolute Gasteiger partial charge is 0.508 e. The van der Waals surface area contributed by atoms with Crippen molar-refractivity contribution in [3.8, 4) is 34.1 Å². The first-order valence-electron chi connectivity index (χ1n) is 8.86. The second-order valence-electron chi connectivity index (χ2n) is 6.19. The fourth-order valence-corrected chi connectivity index (χ4v) is 3.17. The zero-order valence-electron chi connectivity index (χ0n) is 16.4. The van der Waals surface area contributed by atoms with Crippen LogP contribution in [0.5, 0.6) is 23.0 Å². The molecule has 0 spiro atoms. The Bertz CT molecular complexity index is 981. The summed E-state index contributed by atoms with van der Waals surface area (Å²) in [5, 5.41) is 9.75. The van der Waals surface area contributed by atoms with E-state index >= 15 is 0 Å². The van der Waals surface area contributed by atoms with Gasteiger partial charge in [0.15, 0.2) is 11.5 Å². The summed E-state index contributed by atoms with van der Waals surface area (Å²) in [5.74, 6) is 1.31. The maximum absolute atomic E-state index is 13.3. The summed E-state index contributed by atoms with van der Waals surface area (Å²) >= 11 is 0. The highest BCUT2D eigenvalue weighted by Gasteiger charge is 2.21. The molecule has 0 aliphatic carbocycles. The fraction of sp³-hybridized carbons (Fsp3) is 0.227. The van der Waals surface area contributed by atoms with E-state index < -0.39 is 0 Å². The van der Waals surface area contributed by atoms with Gasteiger partial charge in [0.2, 0.25) is 11.5 Å². The number of aryl methyl sites for hydroxylation is 1. The molecular formula is C22H23NO5. The van der Waals surface area contributed by atoms with E-state index in [1.54, 1.807) is 30.3 Å². The molecule has 0 bridgehead atoms. The molecular weight excluding hydrogens is 358 g/mol. The lowest BCUT2D eigenvalue weighted by molar-refractivity contribution is 0.102. The van der Waals surface area contributed by atoms with E-state index in [-0.39, 0.29) is 11.5 Å². The van der Waals surface area contributed by atoms with E-state index in [1.165, 1.54) is 21.3 Å². The van der Waals surface area contributed by atoms with Crippen molar-refractivity contribution < 1.29 is 24.1 Å². The quantitative estimate of drug-likeness (QED) is 0.623. The van der Waals surface area contributed by atoms with Gasteiger partial charge < -0.3 is 23.9 Å². The molecule has 0 aliphatic heterocycles. The Morgan fingerprint density at radius 2 is 1.64 bits per heavy atom. The third-order valence-electron chi connectivity index (χ3n) is 4.58. The highest BCUT2D eigenvalue weighted by atomic mass is 16.5. The highest BCUT2D eigenvalue weighted by Crippen LogP contribution is 2.39. The Balaban J connectivity index is 2.08. The van der Waals surface area contributed by atoms with Gasteiger partial charge >= 0.3 is 0 Å². The van der Waals surface area contributed by atoms with Crippen molar-refractivity contribution in [1.29, 1.82) is 0 Å². The Morgan fingerprint density at radius 1 is 0.964 bits per heavy atom. The molecule has 0 saturated heterocycles. The zero-order chi connectivity index (χ0) is 20.3. The van der Waals surface area contributed by atoms with Crippen molar-refractivity contribution in [2.75, 3.05) is 21.3 Å². The maximum Gasteiger partial charge on any atom is 0.209 e. The summed E-state index contributed by atoms with van der Waals surface area (Å²) in [4.78, 5) is 13.3. The van der Waals surface area contributed by atoms with Gasteiger partial charge in [0.25, 0.3) is 0 Å². The number of carbonyl (C=O) groups excluding carboxylic acids is 1. The average Bonchev–Trinajstić information content (AvgIpc) is 3.16. The molecule has 1 N–H and O–H groups in total. The summed E-state index contributed by atoms with van der Waals surface area (Å²) < 4.78 is 17.9. The molecule has 6 heteroatoms. The molecule has 0 radical (unpaired) electrons. The number of carbonyl (C=O) groups is 1. The molecule has 0 saturated carbocycles. The molecule has 0 fully saturated rings. The molecule has 0 amide bonds. The van der Waals surface area contributed by atoms with Crippen LogP contribution in [-0.4, -0.2) is 36.8 Å². The number of phenols is 1. The SMILES string of the molecule is CCn1cc(-c2cccc(O)c2)cc1C(=O)c1cc(OC)c(OC)c(OC)c1. The summed E-state index contributed by atoms with van der Waals surface area (Å²) in [5.41, 5.74) is 2.67. The lowest BCUT2D eigenvalue weighted by Gasteiger charge is -2.14. The normalized spacial score (nSPS) is 10.6. The van der Waals surface area contributed by atoms with Crippen molar-refractivity contribution >= 4 is 5.78 Å². The van der Waals surface area contributed by atoms with E-state index in [0.717, 1.165) is 11.1 Å². The van der Waals surface area contributed by atoms with Crippen LogP contribution >= 0.6 is 0 Å². The van der Waals surface area contributed by atoms with Crippen molar-refractivity contribution in [3.63, 3.8) is 0 Å². The fourth-order valence-electron chi connectivity index (χ4n) is 3.17. The van der Waals surface area contributed by atoms with E-state index in [0.29, 0.717) is 35.1 Å². The number of methoxy groups -OCH3 is 3. The minimum Gasteiger partial charge on any atom is -0.508 e. The van der Waals surface area contributed by atoms with Crippen molar-refractivity contribution in [2.45, 2.75) is 13.5 Å². The molecule has 28 heavy (non-hydrogen) atoms. The molecule has 2 aromatic carbocycles. The van der Waals surface area contributed by atoms with Crippen LogP contribution < -0.4 is 14.2 Å². The maximum atomic E-state index is 13.3. The van der Waals surface area contributed by atoms with Crippen LogP contribution in [0.3, 0.4) is 0 Å². The lowest BCUT2D eigenvalue weighted by Crippen LogP contribution is -2.09. The standard InChI is InChI=1S/C22H23NO5/c1-5-23-13-16(14-7-6-8-17(24)9-14)10-18(23)21(25)15-11-19(26-2)22(28-4)20(12-15)27-3/h6-13,24H,5H2,1-4H3. The van der Waals surface area contributed by atoms with Crippen molar-refractivity contribution in [3.05, 3.63) is 59.9 Å². The molecule has 0 aliphatic rings. The van der Waals surface area contributed by atoms with Crippen LogP contribution in [0.25, 0.3) is 11.1 Å². The van der Waals surface area contributed by atoms with Gasteiger partial charge in [-0.25, -0.2) is 0 Å². The van der Waals surface area contributed by atoms with Gasteiger partial charge in [0, 0.05) is 23.9 Å². The van der Waals surface area contributed by atoms with Gasteiger partial charge in [-0.2, -0.15) is 0 Å². The van der Waals surface area contributed by atoms with Gasteiger partial charge in [0.05, 0.1) is 27.0 Å². The summed E-state index contributed by atoms with van der Waals surface area (Å²) in [6, 6.07) is 12.1. The van der Waals surface area contributed by atoms with Crippen LogP contribution in [0.2, 0.25) is 0 Å². The van der Waals surface area contributed by atoms with Crippen LogP contribution in [0.15, 0.2) is 48.7 Å². The third kappa shape index (κ3) is 3.53. The molecule has 3 rings (SSSR count). The van der Waals surface area contributed by atoms with Crippen LogP contribution in [0, 0.1) is 0 Å². The van der Waals surface area contributed by atoms with Gasteiger partial charge in [-0.05, 0) is 42.8 Å². The lowest BCUT2D eigenvalue weighted by atomic mass is 10.0. The van der Waals surface area contributed by atoms with Crippen LogP contribution in [0.1, 0.15) is 23.0 Å². The van der Waals surface area contributed by atoms with Gasteiger partial charge in [-0.15, -0.1) is 0 Å². The Kier molecular flexibility index (Phi) is 5.59. The van der Waals surface area contributed by atoms with Gasteiger partial charge in [0.1, 0.15) is 5.75 Å². The van der Waals surface area contributed by atoms with Crippen molar-refractivity contribution in [1.82, 2.24) is 4.57 Å². The Labute approximate surface area is 163 Å². The predicted octanol–water partition coefficient (Wildman–Crippen LogP) is 4.14. The van der Waals surface area contributed by atoms with Crippen molar-refractivity contribution in [2.24, 2.45) is 0 Å². The topological polar surface area (TPSA) is 69.9 Å². The van der Waals surface area contributed by atoms with E-state index in [1.807, 2.05) is 29.8 Å². The van der Waals surface area contributed by atoms with Crippen LogP contribution in [-0.2, 0) is 6.54 Å².